The molecular weight excluding hydrogens is 202 g/mol. The highest BCUT2D eigenvalue weighted by Crippen LogP contribution is 2.10. The van der Waals surface area contributed by atoms with Crippen molar-refractivity contribution in [2.24, 2.45) is 0 Å². The molecule has 1 heterocycles. The van der Waals surface area contributed by atoms with Gasteiger partial charge in [-0.3, -0.25) is 0 Å². The lowest BCUT2D eigenvalue weighted by atomic mass is 10.0. The van der Waals surface area contributed by atoms with Crippen LogP contribution in [0.1, 0.15) is 20.3 Å². The molecule has 2 N–H and O–H groups in total. The van der Waals surface area contributed by atoms with E-state index in [1.807, 2.05) is 6.92 Å². The molecule has 0 fully saturated rings. The molecule has 78 valence electrons. The standard InChI is InChI=1S/C9H14ClN3O/c1-3-9(2,14)6-13-8-11-4-7(10)5-12-8/h4-5,14H,3,6H2,1-2H3,(H,11,12,13). The van der Waals surface area contributed by atoms with E-state index in [2.05, 4.69) is 15.3 Å². The number of aromatic nitrogens is 2. The van der Waals surface area contributed by atoms with E-state index in [1.165, 1.54) is 12.4 Å². The third-order valence-electron chi connectivity index (χ3n) is 2.01. The zero-order chi connectivity index (χ0) is 10.6. The average molecular weight is 216 g/mol. The Morgan fingerprint density at radius 3 is 2.57 bits per heavy atom. The van der Waals surface area contributed by atoms with Gasteiger partial charge in [0.15, 0.2) is 0 Å². The first-order valence-corrected chi connectivity index (χ1v) is 4.85. The van der Waals surface area contributed by atoms with Crippen molar-refractivity contribution in [1.82, 2.24) is 9.97 Å². The molecule has 14 heavy (non-hydrogen) atoms. The molecule has 0 saturated carbocycles. The molecule has 5 heteroatoms. The van der Waals surface area contributed by atoms with Crippen molar-refractivity contribution < 1.29 is 5.11 Å². The van der Waals surface area contributed by atoms with Crippen molar-refractivity contribution in [3.8, 4) is 0 Å². The van der Waals surface area contributed by atoms with Crippen LogP contribution in [0.15, 0.2) is 12.4 Å². The molecule has 0 radical (unpaired) electrons. The Kier molecular flexibility index (Phi) is 3.66. The summed E-state index contributed by atoms with van der Waals surface area (Å²) in [6.45, 7) is 4.10. The third-order valence-corrected chi connectivity index (χ3v) is 2.20. The summed E-state index contributed by atoms with van der Waals surface area (Å²) in [4.78, 5) is 7.90. The van der Waals surface area contributed by atoms with Crippen LogP contribution in [0.25, 0.3) is 0 Å². The van der Waals surface area contributed by atoms with Gasteiger partial charge in [-0.25, -0.2) is 9.97 Å². The van der Waals surface area contributed by atoms with Crippen molar-refractivity contribution in [1.29, 1.82) is 0 Å². The van der Waals surface area contributed by atoms with Gasteiger partial charge in [-0.2, -0.15) is 0 Å². The highest BCUT2D eigenvalue weighted by molar-refractivity contribution is 6.30. The lowest BCUT2D eigenvalue weighted by molar-refractivity contribution is 0.0695. The van der Waals surface area contributed by atoms with E-state index in [-0.39, 0.29) is 0 Å². The Labute approximate surface area is 88.3 Å². The number of nitrogens with zero attached hydrogens (tertiary/aromatic N) is 2. The van der Waals surface area contributed by atoms with Crippen molar-refractivity contribution in [3.63, 3.8) is 0 Å². The molecule has 1 atom stereocenters. The first-order valence-electron chi connectivity index (χ1n) is 4.47. The Balaban J connectivity index is 2.50. The molecule has 0 amide bonds. The van der Waals surface area contributed by atoms with E-state index in [1.54, 1.807) is 6.92 Å². The second-order valence-electron chi connectivity index (χ2n) is 3.43. The van der Waals surface area contributed by atoms with E-state index in [9.17, 15) is 5.11 Å². The number of halogens is 1. The minimum Gasteiger partial charge on any atom is -0.388 e. The fourth-order valence-corrected chi connectivity index (χ4v) is 0.896. The molecule has 1 rings (SSSR count). The summed E-state index contributed by atoms with van der Waals surface area (Å²) < 4.78 is 0. The largest absolute Gasteiger partial charge is 0.388 e. The minimum atomic E-state index is -0.733. The fourth-order valence-electron chi connectivity index (χ4n) is 0.798. The Morgan fingerprint density at radius 2 is 2.07 bits per heavy atom. The van der Waals surface area contributed by atoms with Gasteiger partial charge in [0.1, 0.15) is 0 Å². The monoisotopic (exact) mass is 215 g/mol. The molecule has 1 aromatic rings. The van der Waals surface area contributed by atoms with Crippen LogP contribution in [0, 0.1) is 0 Å². The summed E-state index contributed by atoms with van der Waals surface area (Å²) in [6.07, 6.45) is 3.70. The van der Waals surface area contributed by atoms with E-state index in [0.29, 0.717) is 23.9 Å². The Hall–Kier alpha value is -0.870. The molecule has 0 saturated heterocycles. The molecule has 1 unspecified atom stereocenters. The van der Waals surface area contributed by atoms with E-state index in [0.717, 1.165) is 0 Å². The third kappa shape index (κ3) is 3.47. The summed E-state index contributed by atoms with van der Waals surface area (Å²) >= 11 is 5.63. The molecule has 0 aromatic carbocycles. The van der Waals surface area contributed by atoms with Gasteiger partial charge in [0.2, 0.25) is 5.95 Å². The number of aliphatic hydroxyl groups is 1. The number of hydrogen-bond acceptors (Lipinski definition) is 4. The summed E-state index contributed by atoms with van der Waals surface area (Å²) in [5.74, 6) is 0.475. The highest BCUT2D eigenvalue weighted by atomic mass is 35.5. The molecule has 1 aromatic heterocycles. The van der Waals surface area contributed by atoms with Crippen LogP contribution in [-0.2, 0) is 0 Å². The fraction of sp³-hybridized carbons (Fsp3) is 0.556. The average Bonchev–Trinajstić information content (AvgIpc) is 2.17. The smallest absolute Gasteiger partial charge is 0.222 e. The summed E-state index contributed by atoms with van der Waals surface area (Å²) in [5.41, 5.74) is -0.733. The topological polar surface area (TPSA) is 58.0 Å². The van der Waals surface area contributed by atoms with Crippen LogP contribution in [0.5, 0.6) is 0 Å². The Bertz CT molecular complexity index is 287. The van der Waals surface area contributed by atoms with Gasteiger partial charge >= 0.3 is 0 Å². The number of nitrogens with one attached hydrogen (secondary N) is 1. The number of hydrogen-bond donors (Lipinski definition) is 2. The van der Waals surface area contributed by atoms with Gasteiger partial charge in [0, 0.05) is 6.54 Å². The maximum absolute atomic E-state index is 9.69. The predicted octanol–water partition coefficient (Wildman–Crippen LogP) is 1.70. The minimum absolute atomic E-state index is 0.422. The predicted molar refractivity (Wildman–Crippen MR) is 56.4 cm³/mol. The van der Waals surface area contributed by atoms with Gasteiger partial charge in [0.25, 0.3) is 0 Å². The quantitative estimate of drug-likeness (QED) is 0.803. The zero-order valence-electron chi connectivity index (χ0n) is 8.29. The van der Waals surface area contributed by atoms with Crippen molar-refractivity contribution in [2.45, 2.75) is 25.9 Å². The first-order chi connectivity index (χ1) is 6.53. The Morgan fingerprint density at radius 1 is 1.50 bits per heavy atom. The van der Waals surface area contributed by atoms with Crippen molar-refractivity contribution >= 4 is 17.5 Å². The highest BCUT2D eigenvalue weighted by Gasteiger charge is 2.17. The number of rotatable bonds is 4. The zero-order valence-corrected chi connectivity index (χ0v) is 9.04. The van der Waals surface area contributed by atoms with Gasteiger partial charge in [0.05, 0.1) is 23.0 Å². The van der Waals surface area contributed by atoms with Gasteiger partial charge < -0.3 is 10.4 Å². The van der Waals surface area contributed by atoms with Gasteiger partial charge in [-0.05, 0) is 13.3 Å². The molecule has 0 spiro atoms. The summed E-state index contributed by atoms with van der Waals surface area (Å²) in [5, 5.41) is 13.1. The van der Waals surface area contributed by atoms with E-state index < -0.39 is 5.60 Å². The lowest BCUT2D eigenvalue weighted by Gasteiger charge is -2.21. The van der Waals surface area contributed by atoms with Crippen molar-refractivity contribution in [2.75, 3.05) is 11.9 Å². The van der Waals surface area contributed by atoms with Crippen LogP contribution in [0.4, 0.5) is 5.95 Å². The van der Waals surface area contributed by atoms with E-state index >= 15 is 0 Å². The SMILES string of the molecule is CCC(C)(O)CNc1ncc(Cl)cn1. The van der Waals surface area contributed by atoms with Crippen LogP contribution in [0.3, 0.4) is 0 Å². The lowest BCUT2D eigenvalue weighted by Crippen LogP contribution is -2.32. The second-order valence-corrected chi connectivity index (χ2v) is 3.87. The van der Waals surface area contributed by atoms with Crippen LogP contribution >= 0.6 is 11.6 Å². The molecule has 4 nitrogen and oxygen atoms in total. The molecule has 0 bridgehead atoms. The molecule has 0 aliphatic rings. The van der Waals surface area contributed by atoms with E-state index in [4.69, 9.17) is 11.6 Å². The first kappa shape index (κ1) is 11.2. The second kappa shape index (κ2) is 4.57. The van der Waals surface area contributed by atoms with Crippen LogP contribution < -0.4 is 5.32 Å². The summed E-state index contributed by atoms with van der Waals surface area (Å²) in [7, 11) is 0. The van der Waals surface area contributed by atoms with Crippen LogP contribution in [0.2, 0.25) is 5.02 Å². The molecular formula is C9H14ClN3O. The molecule has 0 aliphatic carbocycles. The molecule has 0 aliphatic heterocycles. The van der Waals surface area contributed by atoms with Crippen LogP contribution in [-0.4, -0.2) is 27.2 Å². The maximum atomic E-state index is 9.69. The maximum Gasteiger partial charge on any atom is 0.222 e. The van der Waals surface area contributed by atoms with Gasteiger partial charge in [-0.15, -0.1) is 0 Å². The van der Waals surface area contributed by atoms with Gasteiger partial charge in [-0.1, -0.05) is 18.5 Å². The summed E-state index contributed by atoms with van der Waals surface area (Å²) in [6, 6.07) is 0. The van der Waals surface area contributed by atoms with Crippen molar-refractivity contribution in [3.05, 3.63) is 17.4 Å². The number of anilines is 1. The normalized spacial score (nSPS) is 14.9.